The molecule has 0 aliphatic heterocycles. The number of carbonyl (C=O) groups is 1. The Morgan fingerprint density at radius 2 is 2.12 bits per heavy atom. The zero-order valence-electron chi connectivity index (χ0n) is 12.7. The van der Waals surface area contributed by atoms with Crippen LogP contribution < -0.4 is 11.0 Å². The van der Waals surface area contributed by atoms with Gasteiger partial charge in [-0.1, -0.05) is 35.5 Å². The molecule has 0 aliphatic rings. The number of fused-ring (bicyclic) bond motifs is 1. The van der Waals surface area contributed by atoms with Gasteiger partial charge in [0.2, 0.25) is 5.91 Å². The van der Waals surface area contributed by atoms with Crippen molar-refractivity contribution in [3.05, 3.63) is 63.7 Å². The zero-order chi connectivity index (χ0) is 17.1. The molecule has 0 saturated carbocycles. The summed E-state index contributed by atoms with van der Waals surface area (Å²) in [6, 6.07) is 10.5. The summed E-state index contributed by atoms with van der Waals surface area (Å²) in [7, 11) is 0. The van der Waals surface area contributed by atoms with Gasteiger partial charge in [0, 0.05) is 16.9 Å². The van der Waals surface area contributed by atoms with Gasteiger partial charge in [-0.05, 0) is 36.8 Å². The second kappa shape index (κ2) is 7.02. The molecule has 122 valence electrons. The predicted molar refractivity (Wildman–Crippen MR) is 94.8 cm³/mol. The monoisotopic (exact) mass is 360 g/mol. The van der Waals surface area contributed by atoms with Gasteiger partial charge in [-0.25, -0.2) is 9.78 Å². The van der Waals surface area contributed by atoms with Crippen molar-refractivity contribution in [2.75, 3.05) is 11.1 Å². The van der Waals surface area contributed by atoms with E-state index in [0.717, 1.165) is 17.3 Å². The number of anilines is 1. The normalized spacial score (nSPS) is 10.8. The summed E-state index contributed by atoms with van der Waals surface area (Å²) in [5.74, 6) is -0.135. The Kier molecular flexibility index (Phi) is 4.82. The number of hydrogen-bond acceptors (Lipinski definition) is 5. The maximum absolute atomic E-state index is 12.0. The highest BCUT2D eigenvalue weighted by Gasteiger charge is 2.09. The third kappa shape index (κ3) is 3.74. The van der Waals surface area contributed by atoms with E-state index in [2.05, 4.69) is 15.3 Å². The van der Waals surface area contributed by atoms with Gasteiger partial charge in [0.1, 0.15) is 5.65 Å². The van der Waals surface area contributed by atoms with Crippen molar-refractivity contribution in [2.45, 2.75) is 12.1 Å². The fraction of sp³-hybridized carbons (Fsp3) is 0.125. The fourth-order valence-electron chi connectivity index (χ4n) is 2.11. The maximum Gasteiger partial charge on any atom is 0.355 e. The van der Waals surface area contributed by atoms with Gasteiger partial charge in [-0.2, -0.15) is 4.98 Å². The lowest BCUT2D eigenvalue weighted by molar-refractivity contribution is -0.113. The van der Waals surface area contributed by atoms with E-state index in [-0.39, 0.29) is 16.8 Å². The second-order valence-electron chi connectivity index (χ2n) is 5.02. The number of pyridine rings is 1. The molecule has 1 amide bonds. The van der Waals surface area contributed by atoms with Gasteiger partial charge >= 0.3 is 5.69 Å². The molecule has 3 aromatic rings. The van der Waals surface area contributed by atoms with Crippen molar-refractivity contribution in [1.29, 1.82) is 0 Å². The third-order valence-corrected chi connectivity index (χ3v) is 4.28. The lowest BCUT2D eigenvalue weighted by Gasteiger charge is -2.06. The Labute approximate surface area is 146 Å². The molecule has 0 radical (unpaired) electrons. The number of nitrogens with zero attached hydrogens (tertiary/aromatic N) is 3. The van der Waals surface area contributed by atoms with Crippen LogP contribution in [0.15, 0.2) is 52.5 Å². The lowest BCUT2D eigenvalue weighted by Crippen LogP contribution is -2.20. The number of aryl methyl sites for hydroxylation is 1. The van der Waals surface area contributed by atoms with E-state index in [1.807, 2.05) is 13.0 Å². The van der Waals surface area contributed by atoms with Crippen LogP contribution in [0.2, 0.25) is 5.02 Å². The molecule has 0 aliphatic carbocycles. The van der Waals surface area contributed by atoms with E-state index in [4.69, 9.17) is 11.6 Å². The number of carbonyl (C=O) groups excluding carboxylic acids is 1. The lowest BCUT2D eigenvalue weighted by atomic mass is 10.3. The fourth-order valence-corrected chi connectivity index (χ4v) is 2.93. The molecule has 0 atom stereocenters. The summed E-state index contributed by atoms with van der Waals surface area (Å²) < 4.78 is 1.38. The number of aromatic nitrogens is 3. The van der Waals surface area contributed by atoms with Crippen LogP contribution in [0, 0.1) is 6.92 Å². The standard InChI is InChI=1S/C16H13ClN4O2S/c1-10-4-3-7-21-14(10)19-15(20-16(21)23)24-9-13(22)18-12-6-2-5-11(17)8-12/h2-8H,9H2,1H3,(H,18,22). The molecule has 3 rings (SSSR count). The Hall–Kier alpha value is -2.38. The molecule has 24 heavy (non-hydrogen) atoms. The minimum atomic E-state index is -0.415. The van der Waals surface area contributed by atoms with Crippen LogP contribution in [0.3, 0.4) is 0 Å². The number of nitrogens with one attached hydrogen (secondary N) is 1. The number of rotatable bonds is 4. The maximum atomic E-state index is 12.0. The van der Waals surface area contributed by atoms with E-state index >= 15 is 0 Å². The highest BCUT2D eigenvalue weighted by atomic mass is 35.5. The second-order valence-corrected chi connectivity index (χ2v) is 6.40. The smallest absolute Gasteiger partial charge is 0.325 e. The molecule has 2 heterocycles. The highest BCUT2D eigenvalue weighted by Crippen LogP contribution is 2.17. The van der Waals surface area contributed by atoms with E-state index in [9.17, 15) is 9.59 Å². The molecular formula is C16H13ClN4O2S. The Morgan fingerprint density at radius 3 is 2.92 bits per heavy atom. The minimum absolute atomic E-state index is 0.0913. The van der Waals surface area contributed by atoms with Crippen LogP contribution in [-0.2, 0) is 4.79 Å². The number of benzene rings is 1. The molecule has 0 fully saturated rings. The van der Waals surface area contributed by atoms with Gasteiger partial charge in [-0.3, -0.25) is 9.20 Å². The summed E-state index contributed by atoms with van der Waals surface area (Å²) in [5, 5.41) is 3.55. The molecule has 6 nitrogen and oxygen atoms in total. The molecule has 0 bridgehead atoms. The first-order chi connectivity index (χ1) is 11.5. The number of hydrogen-bond donors (Lipinski definition) is 1. The summed E-state index contributed by atoms with van der Waals surface area (Å²) in [6.07, 6.45) is 1.62. The van der Waals surface area contributed by atoms with E-state index in [1.54, 1.807) is 36.5 Å². The molecular weight excluding hydrogens is 348 g/mol. The van der Waals surface area contributed by atoms with Crippen LogP contribution in [0.1, 0.15) is 5.56 Å². The quantitative estimate of drug-likeness (QED) is 0.724. The highest BCUT2D eigenvalue weighted by molar-refractivity contribution is 7.99. The molecule has 2 aromatic heterocycles. The molecule has 1 aromatic carbocycles. The van der Waals surface area contributed by atoms with Crippen molar-refractivity contribution in [2.24, 2.45) is 0 Å². The minimum Gasteiger partial charge on any atom is -0.325 e. The van der Waals surface area contributed by atoms with E-state index in [0.29, 0.717) is 16.4 Å². The van der Waals surface area contributed by atoms with Gasteiger partial charge in [0.05, 0.1) is 5.75 Å². The third-order valence-electron chi connectivity index (χ3n) is 3.20. The number of thioether (sulfide) groups is 1. The predicted octanol–water partition coefficient (Wildman–Crippen LogP) is 2.78. The van der Waals surface area contributed by atoms with Crippen molar-refractivity contribution in [3.8, 4) is 0 Å². The van der Waals surface area contributed by atoms with E-state index in [1.165, 1.54) is 4.40 Å². The van der Waals surface area contributed by atoms with Gasteiger partial charge < -0.3 is 5.32 Å². The van der Waals surface area contributed by atoms with Crippen LogP contribution in [0.5, 0.6) is 0 Å². The average molecular weight is 361 g/mol. The van der Waals surface area contributed by atoms with Gasteiger partial charge in [0.25, 0.3) is 0 Å². The summed E-state index contributed by atoms with van der Waals surface area (Å²) in [5.41, 5.74) is 1.60. The number of amides is 1. The average Bonchev–Trinajstić information content (AvgIpc) is 2.54. The first-order valence-electron chi connectivity index (χ1n) is 7.07. The zero-order valence-corrected chi connectivity index (χ0v) is 14.3. The Balaban J connectivity index is 1.72. The van der Waals surface area contributed by atoms with Gasteiger partial charge in [-0.15, -0.1) is 0 Å². The van der Waals surface area contributed by atoms with Crippen molar-refractivity contribution >= 4 is 40.6 Å². The largest absolute Gasteiger partial charge is 0.355 e. The van der Waals surface area contributed by atoms with Crippen molar-refractivity contribution in [3.63, 3.8) is 0 Å². The van der Waals surface area contributed by atoms with Crippen molar-refractivity contribution in [1.82, 2.24) is 14.4 Å². The molecule has 0 saturated heterocycles. The van der Waals surface area contributed by atoms with Crippen LogP contribution in [0.4, 0.5) is 5.69 Å². The van der Waals surface area contributed by atoms with Crippen LogP contribution >= 0.6 is 23.4 Å². The SMILES string of the molecule is Cc1cccn2c(=O)nc(SCC(=O)Nc3cccc(Cl)c3)nc12. The molecule has 1 N–H and O–H groups in total. The van der Waals surface area contributed by atoms with Crippen LogP contribution in [0.25, 0.3) is 5.65 Å². The summed E-state index contributed by atoms with van der Waals surface area (Å²) >= 11 is 6.98. The first kappa shape index (κ1) is 16.5. The van der Waals surface area contributed by atoms with E-state index < -0.39 is 5.69 Å². The van der Waals surface area contributed by atoms with Crippen molar-refractivity contribution < 1.29 is 4.79 Å². The summed E-state index contributed by atoms with van der Waals surface area (Å²) in [6.45, 7) is 1.86. The Morgan fingerprint density at radius 1 is 1.29 bits per heavy atom. The molecule has 0 spiro atoms. The molecule has 8 heteroatoms. The molecule has 0 unspecified atom stereocenters. The topological polar surface area (TPSA) is 76.4 Å². The summed E-state index contributed by atoms with van der Waals surface area (Å²) in [4.78, 5) is 32.2. The Bertz CT molecular complexity index is 974. The number of halogens is 1. The first-order valence-corrected chi connectivity index (χ1v) is 8.43. The van der Waals surface area contributed by atoms with Crippen LogP contribution in [-0.4, -0.2) is 26.0 Å². The van der Waals surface area contributed by atoms with Gasteiger partial charge in [0.15, 0.2) is 5.16 Å².